The van der Waals surface area contributed by atoms with Gasteiger partial charge in [0, 0.05) is 6.07 Å². The molecule has 0 fully saturated rings. The molecule has 0 aliphatic carbocycles. The van der Waals surface area contributed by atoms with Gasteiger partial charge in [0.25, 0.3) is 0 Å². The van der Waals surface area contributed by atoms with E-state index in [0.29, 0.717) is 0 Å². The maximum Gasteiger partial charge on any atom is 0.343 e. The van der Waals surface area contributed by atoms with Crippen molar-refractivity contribution in [3.05, 3.63) is 63.7 Å². The molecule has 0 unspecified atom stereocenters. The number of nitrogens with zero attached hydrogens (tertiary/aromatic N) is 2. The first-order valence-electron chi connectivity index (χ1n) is 6.10. The lowest BCUT2D eigenvalue weighted by molar-refractivity contribution is -0.385. The molecule has 0 N–H and O–H groups in total. The molecule has 0 saturated heterocycles. The van der Waals surface area contributed by atoms with Crippen LogP contribution in [0.5, 0.6) is 11.5 Å². The summed E-state index contributed by atoms with van der Waals surface area (Å²) in [5, 5.41) is 19.9. The van der Waals surface area contributed by atoms with Crippen molar-refractivity contribution < 1.29 is 19.2 Å². The number of esters is 1. The van der Waals surface area contributed by atoms with E-state index in [1.54, 1.807) is 12.1 Å². The third kappa shape index (κ3) is 3.02. The molecular formula is C15H10N2O5. The lowest BCUT2D eigenvalue weighted by Crippen LogP contribution is -2.10. The minimum Gasteiger partial charge on any atom is -0.490 e. The van der Waals surface area contributed by atoms with Crippen LogP contribution in [0.15, 0.2) is 42.5 Å². The van der Waals surface area contributed by atoms with Gasteiger partial charge in [0.15, 0.2) is 5.75 Å². The molecule has 0 bridgehead atoms. The number of carbonyl (C=O) groups is 1. The zero-order valence-electron chi connectivity index (χ0n) is 11.5. The standard InChI is InChI=1S/C15H10N2O5/c1-21-14-7-6-10(8-12(14)17(19)20)15(18)22-13-5-3-2-4-11(13)9-16/h2-8H,1H3. The number of nitro groups is 1. The van der Waals surface area contributed by atoms with Gasteiger partial charge in [-0.2, -0.15) is 5.26 Å². The van der Waals surface area contributed by atoms with Gasteiger partial charge in [-0.1, -0.05) is 12.1 Å². The van der Waals surface area contributed by atoms with E-state index in [1.165, 1.54) is 31.4 Å². The summed E-state index contributed by atoms with van der Waals surface area (Å²) in [5.74, 6) is -0.666. The molecule has 0 aromatic heterocycles. The van der Waals surface area contributed by atoms with Gasteiger partial charge in [-0.05, 0) is 24.3 Å². The molecule has 2 aromatic carbocycles. The number of ether oxygens (including phenoxy) is 2. The third-order valence-electron chi connectivity index (χ3n) is 2.82. The van der Waals surface area contributed by atoms with Crippen LogP contribution in [0.4, 0.5) is 5.69 Å². The molecule has 0 aliphatic rings. The first-order valence-corrected chi connectivity index (χ1v) is 6.10. The van der Waals surface area contributed by atoms with Crippen molar-refractivity contribution in [2.45, 2.75) is 0 Å². The van der Waals surface area contributed by atoms with E-state index in [0.717, 1.165) is 6.07 Å². The molecule has 22 heavy (non-hydrogen) atoms. The maximum absolute atomic E-state index is 12.1. The second kappa shape index (κ2) is 6.37. The van der Waals surface area contributed by atoms with Gasteiger partial charge < -0.3 is 9.47 Å². The highest BCUT2D eigenvalue weighted by Crippen LogP contribution is 2.28. The first kappa shape index (κ1) is 15.0. The summed E-state index contributed by atoms with van der Waals surface area (Å²) in [6.45, 7) is 0. The topological polar surface area (TPSA) is 102 Å². The molecule has 0 aliphatic heterocycles. The SMILES string of the molecule is COc1ccc(C(=O)Oc2ccccc2C#N)cc1[N+](=O)[O-]. The van der Waals surface area contributed by atoms with Crippen molar-refractivity contribution in [1.29, 1.82) is 5.26 Å². The smallest absolute Gasteiger partial charge is 0.343 e. The fourth-order valence-corrected chi connectivity index (χ4v) is 1.77. The van der Waals surface area contributed by atoms with Crippen LogP contribution in [0.1, 0.15) is 15.9 Å². The van der Waals surface area contributed by atoms with Gasteiger partial charge in [-0.15, -0.1) is 0 Å². The van der Waals surface area contributed by atoms with Crippen LogP contribution < -0.4 is 9.47 Å². The van der Waals surface area contributed by atoms with E-state index < -0.39 is 10.9 Å². The van der Waals surface area contributed by atoms with E-state index in [-0.39, 0.29) is 28.3 Å². The predicted molar refractivity (Wildman–Crippen MR) is 75.8 cm³/mol. The van der Waals surface area contributed by atoms with Gasteiger partial charge in [0.05, 0.1) is 23.2 Å². The van der Waals surface area contributed by atoms with Crippen LogP contribution in [0.25, 0.3) is 0 Å². The van der Waals surface area contributed by atoms with Gasteiger partial charge in [0.2, 0.25) is 0 Å². The fraction of sp³-hybridized carbons (Fsp3) is 0.0667. The average Bonchev–Trinajstić information content (AvgIpc) is 2.54. The predicted octanol–water partition coefficient (Wildman–Crippen LogP) is 2.69. The molecule has 7 nitrogen and oxygen atoms in total. The van der Waals surface area contributed by atoms with Crippen molar-refractivity contribution >= 4 is 11.7 Å². The van der Waals surface area contributed by atoms with Crippen molar-refractivity contribution in [2.24, 2.45) is 0 Å². The molecule has 2 aromatic rings. The second-order valence-corrected chi connectivity index (χ2v) is 4.14. The molecule has 7 heteroatoms. The Morgan fingerprint density at radius 2 is 1.95 bits per heavy atom. The molecule has 0 radical (unpaired) electrons. The summed E-state index contributed by atoms with van der Waals surface area (Å²) in [4.78, 5) is 22.4. The normalized spacial score (nSPS) is 9.64. The molecule has 0 atom stereocenters. The highest BCUT2D eigenvalue weighted by Gasteiger charge is 2.19. The summed E-state index contributed by atoms with van der Waals surface area (Å²) in [5.41, 5.74) is -0.162. The number of hydrogen-bond donors (Lipinski definition) is 0. The molecule has 0 heterocycles. The van der Waals surface area contributed by atoms with Crippen LogP contribution in [0.3, 0.4) is 0 Å². The molecule has 0 amide bonds. The summed E-state index contributed by atoms with van der Waals surface area (Å²) in [6.07, 6.45) is 0. The number of carbonyl (C=O) groups excluding carboxylic acids is 1. The molecular weight excluding hydrogens is 288 g/mol. The largest absolute Gasteiger partial charge is 0.490 e. The fourth-order valence-electron chi connectivity index (χ4n) is 1.77. The first-order chi connectivity index (χ1) is 10.6. The Morgan fingerprint density at radius 3 is 2.59 bits per heavy atom. The van der Waals surface area contributed by atoms with Gasteiger partial charge >= 0.3 is 11.7 Å². The molecule has 2 rings (SSSR count). The molecule has 0 spiro atoms. The number of rotatable bonds is 4. The Balaban J connectivity index is 2.32. The molecule has 110 valence electrons. The number of para-hydroxylation sites is 1. The van der Waals surface area contributed by atoms with Gasteiger partial charge in [0.1, 0.15) is 11.8 Å². The third-order valence-corrected chi connectivity index (χ3v) is 2.82. The van der Waals surface area contributed by atoms with Crippen molar-refractivity contribution in [2.75, 3.05) is 7.11 Å². The summed E-state index contributed by atoms with van der Waals surface area (Å²) in [7, 11) is 1.30. The van der Waals surface area contributed by atoms with E-state index in [2.05, 4.69) is 0 Å². The van der Waals surface area contributed by atoms with Gasteiger partial charge in [-0.3, -0.25) is 10.1 Å². The minimum atomic E-state index is -0.798. The van der Waals surface area contributed by atoms with Gasteiger partial charge in [-0.25, -0.2) is 4.79 Å². The number of nitro benzene ring substituents is 1. The van der Waals surface area contributed by atoms with Crippen LogP contribution in [-0.2, 0) is 0 Å². The van der Waals surface area contributed by atoms with Crippen LogP contribution in [0.2, 0.25) is 0 Å². The lowest BCUT2D eigenvalue weighted by Gasteiger charge is -2.07. The average molecular weight is 298 g/mol. The van der Waals surface area contributed by atoms with E-state index in [1.807, 2.05) is 6.07 Å². The Labute approximate surface area is 125 Å². The maximum atomic E-state index is 12.1. The summed E-state index contributed by atoms with van der Waals surface area (Å²) in [6, 6.07) is 11.8. The Morgan fingerprint density at radius 1 is 1.23 bits per heavy atom. The summed E-state index contributed by atoms with van der Waals surface area (Å²) >= 11 is 0. The second-order valence-electron chi connectivity index (χ2n) is 4.14. The zero-order chi connectivity index (χ0) is 16.1. The Hall–Kier alpha value is -3.40. The zero-order valence-corrected chi connectivity index (χ0v) is 11.5. The Bertz CT molecular complexity index is 780. The van der Waals surface area contributed by atoms with E-state index in [9.17, 15) is 14.9 Å². The van der Waals surface area contributed by atoms with Crippen molar-refractivity contribution in [3.8, 4) is 17.6 Å². The van der Waals surface area contributed by atoms with E-state index in [4.69, 9.17) is 14.7 Å². The lowest BCUT2D eigenvalue weighted by atomic mass is 10.2. The number of benzene rings is 2. The monoisotopic (exact) mass is 298 g/mol. The van der Waals surface area contributed by atoms with Crippen LogP contribution in [-0.4, -0.2) is 18.0 Å². The number of nitriles is 1. The van der Waals surface area contributed by atoms with Crippen LogP contribution in [0, 0.1) is 21.4 Å². The quantitative estimate of drug-likeness (QED) is 0.372. The number of methoxy groups -OCH3 is 1. The Kier molecular flexibility index (Phi) is 4.34. The van der Waals surface area contributed by atoms with Crippen LogP contribution >= 0.6 is 0 Å². The highest BCUT2D eigenvalue weighted by atomic mass is 16.6. The van der Waals surface area contributed by atoms with Crippen molar-refractivity contribution in [1.82, 2.24) is 0 Å². The van der Waals surface area contributed by atoms with Crippen molar-refractivity contribution in [3.63, 3.8) is 0 Å². The molecule has 0 saturated carbocycles. The highest BCUT2D eigenvalue weighted by molar-refractivity contribution is 5.92. The summed E-state index contributed by atoms with van der Waals surface area (Å²) < 4.78 is 9.97. The van der Waals surface area contributed by atoms with E-state index >= 15 is 0 Å². The number of hydrogen-bond acceptors (Lipinski definition) is 6. The minimum absolute atomic E-state index is 0.0137.